The highest BCUT2D eigenvalue weighted by atomic mass is 32.2. The molecule has 0 spiro atoms. The van der Waals surface area contributed by atoms with Crippen LogP contribution in [0.4, 0.5) is 5.82 Å². The van der Waals surface area contributed by atoms with E-state index in [2.05, 4.69) is 10.4 Å². The van der Waals surface area contributed by atoms with Crippen LogP contribution in [0.5, 0.6) is 0 Å². The average Bonchev–Trinajstić information content (AvgIpc) is 2.85. The molecule has 9 heteroatoms. The fourth-order valence-electron chi connectivity index (χ4n) is 2.03. The van der Waals surface area contributed by atoms with Crippen molar-refractivity contribution in [2.45, 2.75) is 18.0 Å². The fraction of sp³-hybridized carbons (Fsp3) is 0.417. The lowest BCUT2D eigenvalue weighted by atomic mass is 10.4. The molecule has 0 aliphatic carbocycles. The van der Waals surface area contributed by atoms with Crippen LogP contribution in [0.1, 0.15) is 6.92 Å². The third-order valence-corrected chi connectivity index (χ3v) is 6.09. The minimum absolute atomic E-state index is 0.0519. The van der Waals surface area contributed by atoms with Gasteiger partial charge in [0, 0.05) is 25.0 Å². The lowest BCUT2D eigenvalue weighted by Gasteiger charge is -2.23. The molecule has 0 aliphatic rings. The Bertz CT molecular complexity index is 728. The number of rotatable bonds is 6. The standard InChI is InChI=1S/C12H19N5O2S2/c1-9(8-20-3)16(2)21(18,19)12-11(15-13)14-10-6-4-5-7-17(10)12/h4-7,9,15H,8,13H2,1-3H3. The van der Waals surface area contributed by atoms with E-state index in [4.69, 9.17) is 5.84 Å². The van der Waals surface area contributed by atoms with Gasteiger partial charge in [0.25, 0.3) is 10.0 Å². The normalized spacial score (nSPS) is 13.8. The van der Waals surface area contributed by atoms with E-state index in [1.807, 2.05) is 13.2 Å². The first-order chi connectivity index (χ1) is 9.93. The second-order valence-corrected chi connectivity index (χ2v) is 7.49. The number of anilines is 1. The number of imidazole rings is 1. The van der Waals surface area contributed by atoms with Crippen LogP contribution in [0.15, 0.2) is 29.4 Å². The number of hydrazine groups is 1. The van der Waals surface area contributed by atoms with Gasteiger partial charge in [0.2, 0.25) is 5.03 Å². The maximum atomic E-state index is 12.9. The molecule has 0 saturated carbocycles. The Hall–Kier alpha value is -1.29. The zero-order valence-electron chi connectivity index (χ0n) is 12.1. The van der Waals surface area contributed by atoms with Gasteiger partial charge in [-0.1, -0.05) is 6.07 Å². The van der Waals surface area contributed by atoms with Crippen molar-refractivity contribution in [3.05, 3.63) is 24.4 Å². The van der Waals surface area contributed by atoms with Crippen LogP contribution >= 0.6 is 11.8 Å². The molecule has 3 N–H and O–H groups in total. The van der Waals surface area contributed by atoms with Gasteiger partial charge in [0.05, 0.1) is 0 Å². The Balaban J connectivity index is 2.59. The lowest BCUT2D eigenvalue weighted by molar-refractivity contribution is 0.413. The first-order valence-electron chi connectivity index (χ1n) is 6.34. The van der Waals surface area contributed by atoms with Crippen LogP contribution in [0, 0.1) is 0 Å². The smallest absolute Gasteiger partial charge is 0.262 e. The molecular formula is C12H19N5O2S2. The molecule has 0 aliphatic heterocycles. The van der Waals surface area contributed by atoms with Gasteiger partial charge in [-0.2, -0.15) is 16.1 Å². The number of nitrogens with zero attached hydrogens (tertiary/aromatic N) is 3. The number of nitrogen functional groups attached to an aromatic ring is 1. The van der Waals surface area contributed by atoms with Gasteiger partial charge in [0.1, 0.15) is 5.65 Å². The second kappa shape index (κ2) is 6.22. The summed E-state index contributed by atoms with van der Waals surface area (Å²) in [6.45, 7) is 1.87. The fourth-order valence-corrected chi connectivity index (χ4v) is 4.41. The first kappa shape index (κ1) is 16.1. The van der Waals surface area contributed by atoms with Crippen LogP contribution in [0.25, 0.3) is 5.65 Å². The third kappa shape index (κ3) is 2.86. The number of fused-ring (bicyclic) bond motifs is 1. The number of hydrogen-bond acceptors (Lipinski definition) is 6. The Morgan fingerprint density at radius 3 is 2.86 bits per heavy atom. The summed E-state index contributed by atoms with van der Waals surface area (Å²) in [6.07, 6.45) is 3.60. The molecule has 116 valence electrons. The summed E-state index contributed by atoms with van der Waals surface area (Å²) in [4.78, 5) is 4.20. The molecule has 0 amide bonds. The van der Waals surface area contributed by atoms with Gasteiger partial charge in [-0.05, 0) is 25.3 Å². The monoisotopic (exact) mass is 329 g/mol. The molecule has 2 heterocycles. The van der Waals surface area contributed by atoms with E-state index in [9.17, 15) is 8.42 Å². The molecular weight excluding hydrogens is 310 g/mol. The minimum Gasteiger partial charge on any atom is -0.306 e. The Morgan fingerprint density at radius 1 is 1.52 bits per heavy atom. The number of hydrogen-bond donors (Lipinski definition) is 2. The van der Waals surface area contributed by atoms with Gasteiger partial charge in [-0.3, -0.25) is 4.40 Å². The van der Waals surface area contributed by atoms with E-state index in [1.165, 1.54) is 8.71 Å². The van der Waals surface area contributed by atoms with E-state index >= 15 is 0 Å². The zero-order valence-corrected chi connectivity index (χ0v) is 13.8. The van der Waals surface area contributed by atoms with E-state index in [0.717, 1.165) is 0 Å². The highest BCUT2D eigenvalue weighted by Gasteiger charge is 2.31. The molecule has 0 radical (unpaired) electrons. The summed E-state index contributed by atoms with van der Waals surface area (Å²) in [5, 5.41) is 0.0519. The summed E-state index contributed by atoms with van der Waals surface area (Å²) < 4.78 is 28.6. The summed E-state index contributed by atoms with van der Waals surface area (Å²) in [5.74, 6) is 6.28. The van der Waals surface area contributed by atoms with Gasteiger partial charge in [0.15, 0.2) is 5.82 Å². The molecule has 2 rings (SSSR count). The van der Waals surface area contributed by atoms with Crippen molar-refractivity contribution >= 4 is 33.3 Å². The highest BCUT2D eigenvalue weighted by molar-refractivity contribution is 7.98. The van der Waals surface area contributed by atoms with E-state index in [-0.39, 0.29) is 16.9 Å². The van der Waals surface area contributed by atoms with Crippen molar-refractivity contribution in [1.29, 1.82) is 0 Å². The van der Waals surface area contributed by atoms with Gasteiger partial charge in [-0.15, -0.1) is 0 Å². The first-order valence-corrected chi connectivity index (χ1v) is 9.17. The summed E-state index contributed by atoms with van der Waals surface area (Å²) in [7, 11) is -2.14. The van der Waals surface area contributed by atoms with E-state index in [0.29, 0.717) is 11.4 Å². The molecule has 21 heavy (non-hydrogen) atoms. The molecule has 7 nitrogen and oxygen atoms in total. The molecule has 1 atom stereocenters. The molecule has 0 bridgehead atoms. The van der Waals surface area contributed by atoms with Crippen LogP contribution in [-0.4, -0.2) is 47.2 Å². The van der Waals surface area contributed by atoms with Crippen LogP contribution in [-0.2, 0) is 10.0 Å². The zero-order chi connectivity index (χ0) is 15.6. The lowest BCUT2D eigenvalue weighted by Crippen LogP contribution is -2.37. The number of nitrogens with one attached hydrogen (secondary N) is 1. The largest absolute Gasteiger partial charge is 0.306 e. The number of aromatic nitrogens is 2. The maximum Gasteiger partial charge on any atom is 0.262 e. The SMILES string of the molecule is CSCC(C)N(C)S(=O)(=O)c1c(NN)nc2ccccn12. The van der Waals surface area contributed by atoms with Gasteiger partial charge >= 0.3 is 0 Å². The third-order valence-electron chi connectivity index (χ3n) is 3.27. The van der Waals surface area contributed by atoms with Gasteiger partial charge in [-0.25, -0.2) is 19.2 Å². The minimum atomic E-state index is -3.71. The molecule has 2 aromatic rings. The number of nitrogens with two attached hydrogens (primary N) is 1. The Labute approximate surface area is 128 Å². The maximum absolute atomic E-state index is 12.9. The Kier molecular flexibility index (Phi) is 4.77. The van der Waals surface area contributed by atoms with Crippen molar-refractivity contribution in [3.8, 4) is 0 Å². The van der Waals surface area contributed by atoms with Crippen LogP contribution in [0.2, 0.25) is 0 Å². The van der Waals surface area contributed by atoms with Gasteiger partial charge < -0.3 is 5.43 Å². The van der Waals surface area contributed by atoms with Crippen molar-refractivity contribution in [2.75, 3.05) is 24.5 Å². The summed E-state index contributed by atoms with van der Waals surface area (Å²) in [5.41, 5.74) is 2.90. The Morgan fingerprint density at radius 2 is 2.24 bits per heavy atom. The van der Waals surface area contributed by atoms with Crippen LogP contribution in [0.3, 0.4) is 0 Å². The predicted molar refractivity (Wildman–Crippen MR) is 85.8 cm³/mol. The summed E-state index contributed by atoms with van der Waals surface area (Å²) >= 11 is 1.60. The average molecular weight is 329 g/mol. The number of pyridine rings is 1. The summed E-state index contributed by atoms with van der Waals surface area (Å²) in [6, 6.07) is 5.13. The van der Waals surface area contributed by atoms with Crippen molar-refractivity contribution in [2.24, 2.45) is 5.84 Å². The molecule has 0 aromatic carbocycles. The molecule has 0 saturated heterocycles. The van der Waals surface area contributed by atoms with Crippen molar-refractivity contribution in [1.82, 2.24) is 13.7 Å². The number of thioether (sulfide) groups is 1. The van der Waals surface area contributed by atoms with E-state index in [1.54, 1.807) is 43.2 Å². The number of sulfonamides is 1. The quantitative estimate of drug-likeness (QED) is 0.606. The molecule has 2 aromatic heterocycles. The molecule has 0 fully saturated rings. The topological polar surface area (TPSA) is 92.7 Å². The van der Waals surface area contributed by atoms with Crippen LogP contribution < -0.4 is 11.3 Å². The molecule has 1 unspecified atom stereocenters. The predicted octanol–water partition coefficient (Wildman–Crippen LogP) is 0.992. The van der Waals surface area contributed by atoms with Crippen molar-refractivity contribution < 1.29 is 8.42 Å². The van der Waals surface area contributed by atoms with Crippen molar-refractivity contribution in [3.63, 3.8) is 0 Å². The van der Waals surface area contributed by atoms with E-state index < -0.39 is 10.0 Å². The second-order valence-electron chi connectivity index (χ2n) is 4.66. The highest BCUT2D eigenvalue weighted by Crippen LogP contribution is 2.26.